The summed E-state index contributed by atoms with van der Waals surface area (Å²) in [5.74, 6) is 0. The second-order valence-electron chi connectivity index (χ2n) is 9.50. The molecule has 0 heterocycles. The zero-order valence-corrected chi connectivity index (χ0v) is 21.2. The highest BCUT2D eigenvalue weighted by atomic mass is 15.1. The topological polar surface area (TPSA) is 27.0 Å². The van der Waals surface area contributed by atoms with Crippen molar-refractivity contribution in [3.8, 4) is 6.07 Å². The fourth-order valence-electron chi connectivity index (χ4n) is 4.96. The van der Waals surface area contributed by atoms with Gasteiger partial charge < -0.3 is 4.90 Å². The number of nitriles is 1. The third kappa shape index (κ3) is 4.54. The fraction of sp³-hybridized carbons (Fsp3) is 0.0278. The van der Waals surface area contributed by atoms with Crippen LogP contribution in [-0.2, 0) is 0 Å². The number of anilines is 3. The predicted octanol–water partition coefficient (Wildman–Crippen LogP) is 9.81. The van der Waals surface area contributed by atoms with Gasteiger partial charge in [0.2, 0.25) is 0 Å². The second kappa shape index (κ2) is 10.1. The molecule has 0 unspecified atom stereocenters. The molecule has 0 saturated carbocycles. The van der Waals surface area contributed by atoms with E-state index in [0.717, 1.165) is 55.3 Å². The molecule has 0 aliphatic carbocycles. The number of nitrogens with zero attached hydrogens (tertiary/aromatic N) is 2. The van der Waals surface area contributed by atoms with Gasteiger partial charge in [-0.25, -0.2) is 0 Å². The van der Waals surface area contributed by atoms with Crippen molar-refractivity contribution < 1.29 is 0 Å². The highest BCUT2D eigenvalue weighted by Gasteiger charge is 2.12. The summed E-state index contributed by atoms with van der Waals surface area (Å²) in [5, 5.41) is 14.0. The van der Waals surface area contributed by atoms with Crippen LogP contribution >= 0.6 is 0 Å². The van der Waals surface area contributed by atoms with E-state index in [1.165, 1.54) is 5.56 Å². The number of aryl methyl sites for hydroxylation is 1. The van der Waals surface area contributed by atoms with E-state index in [2.05, 4.69) is 133 Å². The maximum Gasteiger partial charge on any atom is 0.100 e. The summed E-state index contributed by atoms with van der Waals surface area (Å²) in [6.45, 7) is 2.11. The Bertz CT molecular complexity index is 1810. The van der Waals surface area contributed by atoms with Gasteiger partial charge in [-0.05, 0) is 77.4 Å². The first-order chi connectivity index (χ1) is 18.7. The molecule has 0 N–H and O–H groups in total. The van der Waals surface area contributed by atoms with Gasteiger partial charge in [-0.2, -0.15) is 5.26 Å². The molecule has 0 amide bonds. The summed E-state index contributed by atoms with van der Waals surface area (Å²) in [7, 11) is 0. The molecule has 0 aliphatic heterocycles. The van der Waals surface area contributed by atoms with E-state index in [-0.39, 0.29) is 0 Å². The first-order valence-corrected chi connectivity index (χ1v) is 12.8. The summed E-state index contributed by atoms with van der Waals surface area (Å²) in [5.41, 5.74) is 7.58. The molecule has 0 bridgehead atoms. The molecule has 2 nitrogen and oxygen atoms in total. The largest absolute Gasteiger partial charge is 0.311 e. The molecule has 180 valence electrons. The predicted molar refractivity (Wildman–Crippen MR) is 161 cm³/mol. The lowest BCUT2D eigenvalue weighted by molar-refractivity contribution is 1.27. The Morgan fingerprint density at radius 2 is 1.13 bits per heavy atom. The molecule has 2 heteroatoms. The lowest BCUT2D eigenvalue weighted by atomic mass is 9.96. The smallest absolute Gasteiger partial charge is 0.100 e. The van der Waals surface area contributed by atoms with Crippen molar-refractivity contribution in [2.45, 2.75) is 6.92 Å². The van der Waals surface area contributed by atoms with E-state index in [0.29, 0.717) is 0 Å². The average molecular weight is 487 g/mol. The summed E-state index contributed by atoms with van der Waals surface area (Å²) in [4.78, 5) is 2.27. The summed E-state index contributed by atoms with van der Waals surface area (Å²) in [6.07, 6.45) is 4.26. The minimum atomic E-state index is 0.737. The molecule has 38 heavy (non-hydrogen) atoms. The van der Waals surface area contributed by atoms with Crippen molar-refractivity contribution in [1.29, 1.82) is 5.26 Å². The lowest BCUT2D eigenvalue weighted by Crippen LogP contribution is -2.09. The third-order valence-corrected chi connectivity index (χ3v) is 6.92. The second-order valence-corrected chi connectivity index (χ2v) is 9.50. The summed E-state index contributed by atoms with van der Waals surface area (Å²) < 4.78 is 0. The SMILES string of the molecule is Cc1ccc(N(c2ccccc2)c2ccc(C=Cc3ccc4c(C#N)c5ccccc5cc4c3)cc2)cc1. The number of hydrogen-bond acceptors (Lipinski definition) is 2. The van der Waals surface area contributed by atoms with E-state index in [1.54, 1.807) is 0 Å². The minimum absolute atomic E-state index is 0.737. The zero-order chi connectivity index (χ0) is 25.9. The highest BCUT2D eigenvalue weighted by Crippen LogP contribution is 2.35. The van der Waals surface area contributed by atoms with Crippen LogP contribution < -0.4 is 4.90 Å². The summed E-state index contributed by atoms with van der Waals surface area (Å²) >= 11 is 0. The Labute approximate surface area is 223 Å². The van der Waals surface area contributed by atoms with Crippen LogP contribution in [0.1, 0.15) is 22.3 Å². The van der Waals surface area contributed by atoms with Crippen molar-refractivity contribution in [1.82, 2.24) is 0 Å². The van der Waals surface area contributed by atoms with Crippen molar-refractivity contribution in [3.05, 3.63) is 150 Å². The Kier molecular flexibility index (Phi) is 6.18. The van der Waals surface area contributed by atoms with Gasteiger partial charge in [0, 0.05) is 27.8 Å². The summed E-state index contributed by atoms with van der Waals surface area (Å²) in [6, 6.07) is 46.6. The van der Waals surface area contributed by atoms with Crippen LogP contribution in [-0.4, -0.2) is 0 Å². The normalized spacial score (nSPS) is 11.2. The molecule has 6 aromatic carbocycles. The number of rotatable bonds is 5. The number of fused-ring (bicyclic) bond motifs is 2. The van der Waals surface area contributed by atoms with Gasteiger partial charge in [0.05, 0.1) is 5.56 Å². The standard InChI is InChI=1S/C36H26N2/c1-26-11-18-32(19-12-26)38(31-8-3-2-4-9-31)33-20-15-27(16-21-33)13-14-28-17-22-35-30(23-28)24-29-7-5-6-10-34(29)36(35)25-37/h2-24H,1H3. The maximum atomic E-state index is 9.81. The van der Waals surface area contributed by atoms with Crippen LogP contribution in [0.5, 0.6) is 0 Å². The quantitative estimate of drug-likeness (QED) is 0.179. The molecule has 6 aromatic rings. The zero-order valence-electron chi connectivity index (χ0n) is 21.2. The van der Waals surface area contributed by atoms with Gasteiger partial charge in [-0.15, -0.1) is 0 Å². The highest BCUT2D eigenvalue weighted by molar-refractivity contribution is 6.05. The van der Waals surface area contributed by atoms with E-state index in [9.17, 15) is 5.26 Å². The van der Waals surface area contributed by atoms with E-state index in [4.69, 9.17) is 0 Å². The number of hydrogen-bond donors (Lipinski definition) is 0. The van der Waals surface area contributed by atoms with Crippen molar-refractivity contribution >= 4 is 50.8 Å². The van der Waals surface area contributed by atoms with Crippen LogP contribution in [0.2, 0.25) is 0 Å². The van der Waals surface area contributed by atoms with E-state index < -0.39 is 0 Å². The third-order valence-electron chi connectivity index (χ3n) is 6.92. The van der Waals surface area contributed by atoms with Gasteiger partial charge in [-0.3, -0.25) is 0 Å². The monoisotopic (exact) mass is 486 g/mol. The molecule has 0 fully saturated rings. The van der Waals surface area contributed by atoms with Gasteiger partial charge in [0.25, 0.3) is 0 Å². The van der Waals surface area contributed by atoms with Gasteiger partial charge in [0.1, 0.15) is 6.07 Å². The van der Waals surface area contributed by atoms with Gasteiger partial charge >= 0.3 is 0 Å². The number of para-hydroxylation sites is 1. The lowest BCUT2D eigenvalue weighted by Gasteiger charge is -2.25. The molecule has 0 saturated heterocycles. The van der Waals surface area contributed by atoms with Crippen LogP contribution in [0.3, 0.4) is 0 Å². The number of benzene rings is 6. The Morgan fingerprint density at radius 1 is 0.553 bits per heavy atom. The van der Waals surface area contributed by atoms with Crippen molar-refractivity contribution in [3.63, 3.8) is 0 Å². The maximum absolute atomic E-state index is 9.81. The van der Waals surface area contributed by atoms with Gasteiger partial charge in [-0.1, -0.05) is 96.6 Å². The average Bonchev–Trinajstić information content (AvgIpc) is 2.97. The van der Waals surface area contributed by atoms with Crippen LogP contribution in [0.15, 0.2) is 127 Å². The molecule has 0 radical (unpaired) electrons. The molecule has 0 aliphatic rings. The minimum Gasteiger partial charge on any atom is -0.311 e. The first-order valence-electron chi connectivity index (χ1n) is 12.8. The molecule has 0 spiro atoms. The van der Waals surface area contributed by atoms with Crippen LogP contribution in [0.4, 0.5) is 17.1 Å². The Balaban J connectivity index is 1.31. The van der Waals surface area contributed by atoms with E-state index in [1.807, 2.05) is 24.3 Å². The molecule has 6 rings (SSSR count). The van der Waals surface area contributed by atoms with E-state index >= 15 is 0 Å². The van der Waals surface area contributed by atoms with Crippen LogP contribution in [0.25, 0.3) is 33.7 Å². The fourth-order valence-corrected chi connectivity index (χ4v) is 4.96. The Morgan fingerprint density at radius 3 is 1.87 bits per heavy atom. The van der Waals surface area contributed by atoms with Gasteiger partial charge in [0.15, 0.2) is 0 Å². The molecular weight excluding hydrogens is 460 g/mol. The van der Waals surface area contributed by atoms with Crippen LogP contribution in [0, 0.1) is 18.3 Å². The van der Waals surface area contributed by atoms with Crippen molar-refractivity contribution in [2.75, 3.05) is 4.90 Å². The Hall–Kier alpha value is -5.13. The van der Waals surface area contributed by atoms with Crippen molar-refractivity contribution in [2.24, 2.45) is 0 Å². The first kappa shape index (κ1) is 23.3. The molecule has 0 atom stereocenters. The molecular formula is C36H26N2. The molecule has 0 aromatic heterocycles.